The summed E-state index contributed by atoms with van der Waals surface area (Å²) in [4.78, 5) is 9.94. The van der Waals surface area contributed by atoms with Gasteiger partial charge in [0.1, 0.15) is 11.3 Å². The summed E-state index contributed by atoms with van der Waals surface area (Å²) in [6.07, 6.45) is 0. The Morgan fingerprint density at radius 2 is 1.76 bits per heavy atom. The maximum Gasteiger partial charge on any atom is 0.200 e. The van der Waals surface area contributed by atoms with Gasteiger partial charge >= 0.3 is 0 Å². The van der Waals surface area contributed by atoms with Gasteiger partial charge in [0.15, 0.2) is 16.2 Å². The third-order valence-corrected chi connectivity index (χ3v) is 6.53. The highest BCUT2D eigenvalue weighted by Crippen LogP contribution is 2.32. The third kappa shape index (κ3) is 3.39. The minimum Gasteiger partial charge on any atom is -0.492 e. The lowest BCUT2D eigenvalue weighted by atomic mass is 10.2. The van der Waals surface area contributed by atoms with Gasteiger partial charge in [-0.2, -0.15) is 5.10 Å². The Morgan fingerprint density at radius 3 is 2.59 bits per heavy atom. The fourth-order valence-electron chi connectivity index (χ4n) is 4.31. The molecular weight excluding hydrogens is 512 g/mol. The first-order valence-corrected chi connectivity index (χ1v) is 12.1. The van der Waals surface area contributed by atoms with Gasteiger partial charge in [-0.25, -0.2) is 9.97 Å². The SMILES string of the molecule is CCOc1ccccc1-n1c(Cn2c3ccc(Br)cc3c3nc4ccccc4nc32)n[nH]c1=S. The number of H-pyrrole nitrogens is 1. The Morgan fingerprint density at radius 1 is 1.00 bits per heavy atom. The van der Waals surface area contributed by atoms with Crippen LogP contribution in [0, 0.1) is 4.77 Å². The van der Waals surface area contributed by atoms with E-state index in [1.165, 1.54) is 0 Å². The molecule has 9 heteroatoms. The van der Waals surface area contributed by atoms with Crippen LogP contribution in [-0.2, 0) is 6.54 Å². The molecule has 168 valence electrons. The quantitative estimate of drug-likeness (QED) is 0.269. The Bertz CT molecular complexity index is 1750. The largest absolute Gasteiger partial charge is 0.492 e. The van der Waals surface area contributed by atoms with E-state index in [0.717, 1.165) is 54.8 Å². The highest BCUT2D eigenvalue weighted by Gasteiger charge is 2.19. The molecule has 0 aliphatic heterocycles. The fraction of sp³-hybridized carbons (Fsp3) is 0.120. The number of nitrogens with zero attached hydrogens (tertiary/aromatic N) is 5. The topological polar surface area (TPSA) is 73.6 Å². The lowest BCUT2D eigenvalue weighted by molar-refractivity contribution is 0.338. The second-order valence-corrected chi connectivity index (χ2v) is 9.12. The number of hydrogen-bond donors (Lipinski definition) is 1. The van der Waals surface area contributed by atoms with Crippen LogP contribution in [0.25, 0.3) is 38.8 Å². The van der Waals surface area contributed by atoms with E-state index in [4.69, 9.17) is 26.9 Å². The standard InChI is InChI=1S/C25H19BrN6OS/c1-2-33-21-10-6-5-9-20(21)32-22(29-30-25(32)34)14-31-19-12-11-15(26)13-16(19)23-24(31)28-18-8-4-3-7-17(18)27-23/h3-13H,2,14H2,1H3,(H,30,34). The van der Waals surface area contributed by atoms with Gasteiger partial charge in [0.25, 0.3) is 0 Å². The van der Waals surface area contributed by atoms with Crippen LogP contribution in [0.2, 0.25) is 0 Å². The summed E-state index contributed by atoms with van der Waals surface area (Å²) in [5.74, 6) is 1.49. The monoisotopic (exact) mass is 530 g/mol. The zero-order valence-electron chi connectivity index (χ0n) is 18.2. The maximum atomic E-state index is 5.86. The van der Waals surface area contributed by atoms with Crippen LogP contribution in [0.15, 0.2) is 71.2 Å². The number of rotatable bonds is 5. The molecule has 0 aliphatic carbocycles. The van der Waals surface area contributed by atoms with E-state index in [1.807, 2.05) is 66.1 Å². The minimum atomic E-state index is 0.447. The molecule has 6 rings (SSSR count). The zero-order chi connectivity index (χ0) is 23.2. The summed E-state index contributed by atoms with van der Waals surface area (Å²) < 4.78 is 11.4. The number of halogens is 1. The Kier molecular flexibility index (Phi) is 5.15. The van der Waals surface area contributed by atoms with Crippen LogP contribution in [0.1, 0.15) is 12.7 Å². The van der Waals surface area contributed by atoms with Crippen molar-refractivity contribution >= 4 is 61.2 Å². The summed E-state index contributed by atoms with van der Waals surface area (Å²) in [5.41, 5.74) is 5.22. The average molecular weight is 531 g/mol. The summed E-state index contributed by atoms with van der Waals surface area (Å²) in [6.45, 7) is 2.97. The van der Waals surface area contributed by atoms with Gasteiger partial charge in [0, 0.05) is 9.86 Å². The molecule has 0 saturated carbocycles. The van der Waals surface area contributed by atoms with Crippen LogP contribution in [0.5, 0.6) is 5.75 Å². The van der Waals surface area contributed by atoms with Crippen LogP contribution < -0.4 is 4.74 Å². The predicted octanol–water partition coefficient (Wildman–Crippen LogP) is 6.19. The van der Waals surface area contributed by atoms with Crippen LogP contribution in [-0.4, -0.2) is 35.9 Å². The van der Waals surface area contributed by atoms with E-state index in [0.29, 0.717) is 17.9 Å². The van der Waals surface area contributed by atoms with Gasteiger partial charge in [-0.05, 0) is 61.6 Å². The molecule has 0 bridgehead atoms. The molecule has 3 heterocycles. The summed E-state index contributed by atoms with van der Waals surface area (Å²) in [6, 6.07) is 21.9. The zero-order valence-corrected chi connectivity index (χ0v) is 20.6. The van der Waals surface area contributed by atoms with Crippen molar-refractivity contribution in [1.82, 2.24) is 29.3 Å². The van der Waals surface area contributed by atoms with Crippen molar-refractivity contribution in [3.05, 3.63) is 81.8 Å². The van der Waals surface area contributed by atoms with E-state index in [1.54, 1.807) is 0 Å². The number of para-hydroxylation sites is 4. The molecule has 3 aromatic heterocycles. The van der Waals surface area contributed by atoms with Crippen molar-refractivity contribution in [1.29, 1.82) is 0 Å². The van der Waals surface area contributed by atoms with Crippen LogP contribution in [0.3, 0.4) is 0 Å². The number of benzene rings is 3. The molecule has 0 amide bonds. The maximum absolute atomic E-state index is 5.86. The van der Waals surface area contributed by atoms with Crippen LogP contribution >= 0.6 is 28.1 Å². The van der Waals surface area contributed by atoms with Gasteiger partial charge in [-0.15, -0.1) is 0 Å². The summed E-state index contributed by atoms with van der Waals surface area (Å²) >= 11 is 9.22. The van der Waals surface area contributed by atoms with Gasteiger partial charge in [-0.1, -0.05) is 40.2 Å². The van der Waals surface area contributed by atoms with E-state index < -0.39 is 0 Å². The minimum absolute atomic E-state index is 0.447. The van der Waals surface area contributed by atoms with Crippen molar-refractivity contribution in [2.45, 2.75) is 13.5 Å². The van der Waals surface area contributed by atoms with Crippen molar-refractivity contribution in [3.63, 3.8) is 0 Å². The number of fused-ring (bicyclic) bond motifs is 4. The number of ether oxygens (including phenoxy) is 1. The first kappa shape index (κ1) is 21.0. The molecule has 1 N–H and O–H groups in total. The van der Waals surface area contributed by atoms with Gasteiger partial charge in [0.05, 0.1) is 35.4 Å². The second-order valence-electron chi connectivity index (χ2n) is 7.81. The predicted molar refractivity (Wildman–Crippen MR) is 139 cm³/mol. The first-order valence-electron chi connectivity index (χ1n) is 10.9. The number of nitrogens with one attached hydrogen (secondary N) is 1. The molecule has 3 aromatic carbocycles. The summed E-state index contributed by atoms with van der Waals surface area (Å²) in [7, 11) is 0. The number of hydrogen-bond acceptors (Lipinski definition) is 5. The molecule has 0 saturated heterocycles. The normalized spacial score (nSPS) is 11.6. The van der Waals surface area contributed by atoms with Crippen molar-refractivity contribution in [2.75, 3.05) is 6.61 Å². The molecule has 34 heavy (non-hydrogen) atoms. The number of aromatic amines is 1. The van der Waals surface area contributed by atoms with Gasteiger partial charge < -0.3 is 9.30 Å². The molecule has 0 atom stereocenters. The average Bonchev–Trinajstić information content (AvgIpc) is 3.35. The summed E-state index contributed by atoms with van der Waals surface area (Å²) in [5, 5.41) is 8.56. The molecule has 0 spiro atoms. The molecule has 0 fully saturated rings. The second kappa shape index (κ2) is 8.34. The third-order valence-electron chi connectivity index (χ3n) is 5.76. The first-order chi connectivity index (χ1) is 16.6. The van der Waals surface area contributed by atoms with Crippen molar-refractivity contribution < 1.29 is 4.74 Å². The highest BCUT2D eigenvalue weighted by atomic mass is 79.9. The highest BCUT2D eigenvalue weighted by molar-refractivity contribution is 9.10. The molecule has 0 aliphatic rings. The van der Waals surface area contributed by atoms with Crippen molar-refractivity contribution in [2.24, 2.45) is 0 Å². The van der Waals surface area contributed by atoms with Crippen molar-refractivity contribution in [3.8, 4) is 11.4 Å². The lowest BCUT2D eigenvalue weighted by Crippen LogP contribution is -2.09. The van der Waals surface area contributed by atoms with Crippen LogP contribution in [0.4, 0.5) is 0 Å². The number of aromatic nitrogens is 6. The van der Waals surface area contributed by atoms with E-state index >= 15 is 0 Å². The molecule has 0 unspecified atom stereocenters. The molecule has 0 radical (unpaired) electrons. The van der Waals surface area contributed by atoms with Gasteiger partial charge in [0.2, 0.25) is 0 Å². The molecular formula is C25H19BrN6OS. The van der Waals surface area contributed by atoms with E-state index in [9.17, 15) is 0 Å². The smallest absolute Gasteiger partial charge is 0.200 e. The Balaban J connectivity index is 1.59. The Labute approximate surface area is 208 Å². The lowest BCUT2D eigenvalue weighted by Gasteiger charge is -2.13. The molecule has 7 nitrogen and oxygen atoms in total. The fourth-order valence-corrected chi connectivity index (χ4v) is 4.92. The van der Waals surface area contributed by atoms with E-state index in [2.05, 4.69) is 42.8 Å². The van der Waals surface area contributed by atoms with E-state index in [-0.39, 0.29) is 0 Å². The Hall–Kier alpha value is -3.56. The molecule has 6 aromatic rings. The van der Waals surface area contributed by atoms with Gasteiger partial charge in [-0.3, -0.25) is 9.67 Å².